The van der Waals surface area contributed by atoms with Crippen molar-refractivity contribution in [2.24, 2.45) is 5.73 Å². The molecule has 1 amide bonds. The monoisotopic (exact) mass is 437 g/mol. The topological polar surface area (TPSA) is 125 Å². The lowest BCUT2D eigenvalue weighted by Gasteiger charge is -2.16. The Labute approximate surface area is 178 Å². The number of carbonyl (C=O) groups is 1. The fourth-order valence-corrected chi connectivity index (χ4v) is 3.67. The van der Waals surface area contributed by atoms with Crippen LogP contribution in [0.5, 0.6) is 0 Å². The summed E-state index contributed by atoms with van der Waals surface area (Å²) >= 11 is 0. The highest BCUT2D eigenvalue weighted by atomic mass is 35.5. The maximum absolute atomic E-state index is 13.0. The van der Waals surface area contributed by atoms with E-state index in [-0.39, 0.29) is 59.4 Å². The van der Waals surface area contributed by atoms with Crippen LogP contribution in [0.2, 0.25) is 0 Å². The van der Waals surface area contributed by atoms with Crippen molar-refractivity contribution in [3.8, 4) is 0 Å². The van der Waals surface area contributed by atoms with Crippen molar-refractivity contribution in [2.45, 2.75) is 18.9 Å². The molecule has 4 rings (SSSR count). The molecule has 4 N–H and O–H groups in total. The third kappa shape index (κ3) is 4.19. The van der Waals surface area contributed by atoms with Crippen LogP contribution in [0.15, 0.2) is 46.0 Å². The smallest absolute Gasteiger partial charge is 0.327 e. The van der Waals surface area contributed by atoms with Gasteiger partial charge in [0.25, 0.3) is 11.5 Å². The highest BCUT2D eigenvalue weighted by molar-refractivity contribution is 5.95. The number of benzene rings is 1. The van der Waals surface area contributed by atoms with Gasteiger partial charge >= 0.3 is 5.69 Å². The number of aromatic amines is 2. The number of carbonyl (C=O) groups excluding carboxylic acids is 1. The van der Waals surface area contributed by atoms with Crippen LogP contribution < -0.4 is 17.0 Å². The van der Waals surface area contributed by atoms with E-state index in [1.807, 2.05) is 30.3 Å². The molecule has 10 heteroatoms. The maximum atomic E-state index is 13.0. The summed E-state index contributed by atoms with van der Waals surface area (Å²) in [7, 11) is 0. The van der Waals surface area contributed by atoms with Gasteiger partial charge in [0.05, 0.1) is 5.39 Å². The molecule has 0 unspecified atom stereocenters. The lowest BCUT2D eigenvalue weighted by atomic mass is 9.95. The first-order valence-electron chi connectivity index (χ1n) is 8.68. The number of nitrogens with two attached hydrogens (primary N) is 1. The number of nitrogens with one attached hydrogen (secondary N) is 2. The van der Waals surface area contributed by atoms with Gasteiger partial charge in [0.15, 0.2) is 0 Å². The van der Waals surface area contributed by atoms with Crippen molar-refractivity contribution in [1.82, 2.24) is 19.9 Å². The number of hydrogen-bond acceptors (Lipinski definition) is 5. The third-order valence-electron chi connectivity index (χ3n) is 5.00. The van der Waals surface area contributed by atoms with Crippen LogP contribution in [0, 0.1) is 6.92 Å². The molecule has 1 saturated heterocycles. The van der Waals surface area contributed by atoms with Crippen molar-refractivity contribution in [2.75, 3.05) is 13.1 Å². The summed E-state index contributed by atoms with van der Waals surface area (Å²) < 4.78 is 0. The first kappa shape index (κ1) is 22.6. The third-order valence-corrected chi connectivity index (χ3v) is 5.00. The highest BCUT2D eigenvalue weighted by Crippen LogP contribution is 2.27. The van der Waals surface area contributed by atoms with E-state index in [2.05, 4.69) is 15.0 Å². The van der Waals surface area contributed by atoms with Gasteiger partial charge in [-0.3, -0.25) is 19.6 Å². The number of nitrogens with zero attached hydrogens (tertiary/aromatic N) is 2. The molecule has 0 spiro atoms. The summed E-state index contributed by atoms with van der Waals surface area (Å²) in [6.07, 6.45) is 0. The van der Waals surface area contributed by atoms with Gasteiger partial charge in [0, 0.05) is 25.0 Å². The van der Waals surface area contributed by atoms with E-state index in [9.17, 15) is 14.4 Å². The molecule has 1 fully saturated rings. The largest absolute Gasteiger partial charge is 0.335 e. The predicted octanol–water partition coefficient (Wildman–Crippen LogP) is 1.33. The number of pyridine rings is 1. The summed E-state index contributed by atoms with van der Waals surface area (Å²) in [5, 5.41) is 0.270. The average Bonchev–Trinajstić information content (AvgIpc) is 3.02. The number of H-pyrrole nitrogens is 2. The molecule has 0 saturated carbocycles. The molecule has 0 aliphatic carbocycles. The second-order valence-electron chi connectivity index (χ2n) is 6.85. The molecule has 1 aromatic carbocycles. The van der Waals surface area contributed by atoms with Gasteiger partial charge in [-0.25, -0.2) is 9.78 Å². The first-order chi connectivity index (χ1) is 12.9. The summed E-state index contributed by atoms with van der Waals surface area (Å²) in [6, 6.07) is 11.3. The van der Waals surface area contributed by atoms with E-state index in [4.69, 9.17) is 5.73 Å². The Bertz CT molecular complexity index is 1150. The number of aromatic nitrogens is 3. The van der Waals surface area contributed by atoms with E-state index in [1.165, 1.54) is 0 Å². The van der Waals surface area contributed by atoms with Gasteiger partial charge in [-0.15, -0.1) is 24.8 Å². The van der Waals surface area contributed by atoms with Gasteiger partial charge in [-0.05, 0) is 24.1 Å². The van der Waals surface area contributed by atoms with E-state index in [0.717, 1.165) is 5.56 Å². The second kappa shape index (κ2) is 8.77. The molecule has 1 aliphatic rings. The molecule has 0 radical (unpaired) electrons. The minimum absolute atomic E-state index is 0. The number of hydrogen-bond donors (Lipinski definition) is 3. The number of halogens is 2. The number of rotatable bonds is 2. The molecule has 2 atom stereocenters. The van der Waals surface area contributed by atoms with Gasteiger partial charge < -0.3 is 10.6 Å². The molecule has 8 nitrogen and oxygen atoms in total. The van der Waals surface area contributed by atoms with Gasteiger partial charge in [0.1, 0.15) is 11.3 Å². The van der Waals surface area contributed by atoms with Gasteiger partial charge in [-0.1, -0.05) is 30.3 Å². The molecule has 2 aromatic heterocycles. The Hall–Kier alpha value is -2.68. The molecular formula is C19H21Cl2N5O3. The van der Waals surface area contributed by atoms with Crippen LogP contribution in [-0.4, -0.2) is 44.9 Å². The van der Waals surface area contributed by atoms with E-state index in [1.54, 1.807) is 17.9 Å². The zero-order valence-electron chi connectivity index (χ0n) is 15.5. The van der Waals surface area contributed by atoms with Crippen molar-refractivity contribution in [3.63, 3.8) is 0 Å². The number of likely N-dealkylation sites (tertiary alicyclic amines) is 1. The van der Waals surface area contributed by atoms with E-state index in [0.29, 0.717) is 18.7 Å². The Kier molecular flexibility index (Phi) is 6.84. The molecule has 29 heavy (non-hydrogen) atoms. The van der Waals surface area contributed by atoms with Crippen LogP contribution in [0.3, 0.4) is 0 Å². The SMILES string of the molecule is Cc1cc(C(=O)N2C[C@@H](N)[C@H](c3ccccc3)C2)nc2[nH]c(=O)[nH]c(=O)c12.Cl.Cl. The van der Waals surface area contributed by atoms with Crippen LogP contribution in [0.1, 0.15) is 27.5 Å². The lowest BCUT2D eigenvalue weighted by Crippen LogP contribution is -2.33. The molecule has 3 heterocycles. The first-order valence-corrected chi connectivity index (χ1v) is 8.68. The molecule has 3 aromatic rings. The summed E-state index contributed by atoms with van der Waals surface area (Å²) in [4.78, 5) is 47.0. The van der Waals surface area contributed by atoms with Crippen LogP contribution >= 0.6 is 24.8 Å². The van der Waals surface area contributed by atoms with Crippen molar-refractivity contribution < 1.29 is 4.79 Å². The number of aryl methyl sites for hydroxylation is 1. The lowest BCUT2D eigenvalue weighted by molar-refractivity contribution is 0.0783. The van der Waals surface area contributed by atoms with Gasteiger partial charge in [0.2, 0.25) is 0 Å². The van der Waals surface area contributed by atoms with Crippen LogP contribution in [0.25, 0.3) is 11.0 Å². The Morgan fingerprint density at radius 3 is 2.52 bits per heavy atom. The fourth-order valence-electron chi connectivity index (χ4n) is 3.67. The Morgan fingerprint density at radius 2 is 1.83 bits per heavy atom. The molecular weight excluding hydrogens is 417 g/mol. The highest BCUT2D eigenvalue weighted by Gasteiger charge is 2.34. The quantitative estimate of drug-likeness (QED) is 0.557. The zero-order chi connectivity index (χ0) is 19.1. The number of amides is 1. The van der Waals surface area contributed by atoms with Crippen LogP contribution in [-0.2, 0) is 0 Å². The fraction of sp³-hybridized carbons (Fsp3) is 0.263. The Morgan fingerprint density at radius 1 is 1.14 bits per heavy atom. The molecule has 1 aliphatic heterocycles. The summed E-state index contributed by atoms with van der Waals surface area (Å²) in [6.45, 7) is 2.62. The minimum Gasteiger partial charge on any atom is -0.335 e. The minimum atomic E-state index is -0.656. The van der Waals surface area contributed by atoms with E-state index < -0.39 is 11.2 Å². The predicted molar refractivity (Wildman–Crippen MR) is 115 cm³/mol. The number of fused-ring (bicyclic) bond motifs is 1. The Balaban J connectivity index is 0.00000150. The zero-order valence-corrected chi connectivity index (χ0v) is 17.2. The molecule has 154 valence electrons. The average molecular weight is 438 g/mol. The van der Waals surface area contributed by atoms with Crippen molar-refractivity contribution in [3.05, 3.63) is 74.1 Å². The standard InChI is InChI=1S/C19H19N5O3.2ClH/c1-10-7-14(21-16-15(10)17(25)23-19(27)22-16)18(26)24-8-12(13(20)9-24)11-5-3-2-4-6-11;;/h2-7,12-13H,8-9,20H2,1H3,(H2,21,22,23,25,27);2*1H/t12-,13+;;/m0../s1. The normalized spacial score (nSPS) is 18.2. The van der Waals surface area contributed by atoms with E-state index >= 15 is 0 Å². The summed E-state index contributed by atoms with van der Waals surface area (Å²) in [5.74, 6) is -0.214. The molecule has 0 bridgehead atoms. The van der Waals surface area contributed by atoms with Gasteiger partial charge in [-0.2, -0.15) is 0 Å². The van der Waals surface area contributed by atoms with Crippen LogP contribution in [0.4, 0.5) is 0 Å². The van der Waals surface area contributed by atoms with Crippen molar-refractivity contribution in [1.29, 1.82) is 0 Å². The second-order valence-corrected chi connectivity index (χ2v) is 6.85. The van der Waals surface area contributed by atoms with Crippen molar-refractivity contribution >= 4 is 41.8 Å². The maximum Gasteiger partial charge on any atom is 0.327 e. The summed E-state index contributed by atoms with van der Waals surface area (Å²) in [5.41, 5.74) is 7.05.